The second-order valence-electron chi connectivity index (χ2n) is 9.20. The van der Waals surface area contributed by atoms with Crippen LogP contribution in [0.5, 0.6) is 0 Å². The number of hydrogen-bond donors (Lipinski definition) is 3. The third-order valence-corrected chi connectivity index (χ3v) is 7.47. The summed E-state index contributed by atoms with van der Waals surface area (Å²) in [6.45, 7) is 1.23. The van der Waals surface area contributed by atoms with Crippen LogP contribution in [0, 0.1) is 0 Å². The Balaban J connectivity index is 1.29. The summed E-state index contributed by atoms with van der Waals surface area (Å²) < 4.78 is 0. The van der Waals surface area contributed by atoms with Gasteiger partial charge in [0.1, 0.15) is 16.2 Å². The van der Waals surface area contributed by atoms with E-state index in [4.69, 9.17) is 5.73 Å². The highest BCUT2D eigenvalue weighted by atomic mass is 32.1. The second kappa shape index (κ2) is 9.28. The van der Waals surface area contributed by atoms with E-state index in [9.17, 15) is 24.0 Å². The molecule has 0 saturated heterocycles. The Kier molecular flexibility index (Phi) is 6.12. The standard InChI is InChI=1S/C25H24N6O5S/c1-30(2)16(32)8-15-11-37-25-17(15)23(35)28-22(29-25)24(36)27-9-12-3-4-13-5-6-31(10-14(13)7-12)19-18(26)20(33)21(19)34/h3-4,7,11H,5-6,8-10,26H2,1-2H3,(H,27,36)(H,28,29,35). The molecule has 2 aromatic carbocycles. The topological polar surface area (TPSA) is 159 Å². The highest BCUT2D eigenvalue weighted by Gasteiger charge is 2.27. The first-order valence-electron chi connectivity index (χ1n) is 11.6. The molecule has 0 aliphatic carbocycles. The largest absolute Gasteiger partial charge is 0.394 e. The summed E-state index contributed by atoms with van der Waals surface area (Å²) in [5.41, 5.74) is 7.88. The van der Waals surface area contributed by atoms with Gasteiger partial charge < -0.3 is 25.8 Å². The maximum absolute atomic E-state index is 12.8. The molecular formula is C25H24N6O5S. The summed E-state index contributed by atoms with van der Waals surface area (Å²) in [7, 11) is 3.29. The fraction of sp³-hybridized carbons (Fsp3) is 0.280. The van der Waals surface area contributed by atoms with Gasteiger partial charge in [-0.25, -0.2) is 4.98 Å². The molecule has 0 atom stereocenters. The summed E-state index contributed by atoms with van der Waals surface area (Å²) >= 11 is 1.21. The molecule has 37 heavy (non-hydrogen) atoms. The molecule has 11 nitrogen and oxygen atoms in total. The number of H-pyrrole nitrogens is 1. The molecule has 5 rings (SSSR count). The summed E-state index contributed by atoms with van der Waals surface area (Å²) in [6.07, 6.45) is 0.780. The van der Waals surface area contributed by atoms with Crippen molar-refractivity contribution in [2.45, 2.75) is 25.9 Å². The van der Waals surface area contributed by atoms with Gasteiger partial charge in [-0.2, -0.15) is 0 Å². The summed E-state index contributed by atoms with van der Waals surface area (Å²) in [5.74, 6) is -0.777. The zero-order valence-electron chi connectivity index (χ0n) is 20.2. The number of carbonyl (C=O) groups excluding carboxylic acids is 2. The van der Waals surface area contributed by atoms with Gasteiger partial charge in [-0.1, -0.05) is 18.2 Å². The average molecular weight is 521 g/mol. The second-order valence-corrected chi connectivity index (χ2v) is 10.1. The maximum atomic E-state index is 12.8. The highest BCUT2D eigenvalue weighted by molar-refractivity contribution is 7.16. The van der Waals surface area contributed by atoms with Crippen molar-refractivity contribution in [1.29, 1.82) is 0 Å². The molecule has 4 aromatic rings. The Morgan fingerprint density at radius 1 is 1.19 bits per heavy atom. The van der Waals surface area contributed by atoms with Gasteiger partial charge >= 0.3 is 0 Å². The van der Waals surface area contributed by atoms with E-state index in [1.54, 1.807) is 19.5 Å². The van der Waals surface area contributed by atoms with E-state index < -0.39 is 22.3 Å². The van der Waals surface area contributed by atoms with Crippen molar-refractivity contribution in [3.05, 3.63) is 82.5 Å². The quantitative estimate of drug-likeness (QED) is 0.306. The van der Waals surface area contributed by atoms with Crippen LogP contribution in [-0.4, -0.2) is 47.3 Å². The van der Waals surface area contributed by atoms with Gasteiger partial charge in [0.25, 0.3) is 22.3 Å². The fourth-order valence-corrected chi connectivity index (χ4v) is 5.39. The van der Waals surface area contributed by atoms with E-state index in [1.165, 1.54) is 16.2 Å². The lowest BCUT2D eigenvalue weighted by atomic mass is 9.96. The number of benzene rings is 1. The molecule has 0 spiro atoms. The molecule has 0 saturated carbocycles. The molecule has 3 heterocycles. The minimum Gasteiger partial charge on any atom is -0.394 e. The molecule has 12 heteroatoms. The smallest absolute Gasteiger partial charge is 0.287 e. The van der Waals surface area contributed by atoms with Crippen molar-refractivity contribution in [1.82, 2.24) is 20.2 Å². The van der Waals surface area contributed by atoms with Crippen LogP contribution < -0.4 is 32.4 Å². The number of nitrogens with zero attached hydrogens (tertiary/aromatic N) is 3. The number of hydrogen-bond acceptors (Lipinski definition) is 9. The number of carbonyl (C=O) groups is 2. The minimum atomic E-state index is -0.636. The van der Waals surface area contributed by atoms with Gasteiger partial charge in [0, 0.05) is 33.7 Å². The zero-order chi connectivity index (χ0) is 26.4. The normalized spacial score (nSPS) is 13.1. The Hall–Kier alpha value is -4.32. The van der Waals surface area contributed by atoms with E-state index in [0.29, 0.717) is 35.3 Å². The zero-order valence-corrected chi connectivity index (χ0v) is 21.0. The minimum absolute atomic E-state index is 0.0116. The maximum Gasteiger partial charge on any atom is 0.287 e. The van der Waals surface area contributed by atoms with Gasteiger partial charge in [-0.3, -0.25) is 24.0 Å². The molecular weight excluding hydrogens is 496 g/mol. The predicted molar refractivity (Wildman–Crippen MR) is 141 cm³/mol. The fourth-order valence-electron chi connectivity index (χ4n) is 4.45. The average Bonchev–Trinajstić information content (AvgIpc) is 3.29. The first-order chi connectivity index (χ1) is 17.6. The van der Waals surface area contributed by atoms with Crippen LogP contribution in [-0.2, 0) is 30.7 Å². The monoisotopic (exact) mass is 520 g/mol. The van der Waals surface area contributed by atoms with Gasteiger partial charge in [0.15, 0.2) is 0 Å². The third-order valence-electron chi connectivity index (χ3n) is 6.55. The molecule has 190 valence electrons. The molecule has 2 aromatic heterocycles. The van der Waals surface area contributed by atoms with Crippen LogP contribution >= 0.6 is 11.3 Å². The van der Waals surface area contributed by atoms with Gasteiger partial charge in [-0.05, 0) is 34.1 Å². The van der Waals surface area contributed by atoms with Crippen LogP contribution in [0.3, 0.4) is 0 Å². The van der Waals surface area contributed by atoms with Crippen LogP contribution in [0.25, 0.3) is 10.2 Å². The van der Waals surface area contributed by atoms with E-state index in [1.807, 2.05) is 23.1 Å². The Morgan fingerprint density at radius 3 is 2.70 bits per heavy atom. The number of amides is 2. The number of nitrogens with two attached hydrogens (primary N) is 1. The van der Waals surface area contributed by atoms with Crippen molar-refractivity contribution < 1.29 is 9.59 Å². The van der Waals surface area contributed by atoms with Gasteiger partial charge in [0.2, 0.25) is 11.7 Å². The molecule has 0 radical (unpaired) electrons. The number of thiophene rings is 1. The van der Waals surface area contributed by atoms with Crippen LogP contribution in [0.15, 0.2) is 38.0 Å². The van der Waals surface area contributed by atoms with E-state index in [2.05, 4.69) is 15.3 Å². The number of nitrogens with one attached hydrogen (secondary N) is 2. The molecule has 0 fully saturated rings. The molecule has 1 aliphatic rings. The van der Waals surface area contributed by atoms with E-state index >= 15 is 0 Å². The van der Waals surface area contributed by atoms with Crippen molar-refractivity contribution in [2.24, 2.45) is 0 Å². The number of anilines is 2. The summed E-state index contributed by atoms with van der Waals surface area (Å²) in [5, 5.41) is 4.80. The first-order valence-corrected chi connectivity index (χ1v) is 12.4. The Bertz CT molecular complexity index is 1690. The number of likely N-dealkylation sites (N-methyl/N-ethyl adjacent to an activating group) is 1. The number of aromatic nitrogens is 2. The third kappa shape index (κ3) is 4.40. The van der Waals surface area contributed by atoms with Crippen LogP contribution in [0.2, 0.25) is 0 Å². The van der Waals surface area contributed by atoms with E-state index in [-0.39, 0.29) is 36.1 Å². The van der Waals surface area contributed by atoms with Crippen molar-refractivity contribution in [3.63, 3.8) is 0 Å². The van der Waals surface area contributed by atoms with Crippen LogP contribution in [0.1, 0.15) is 32.9 Å². The highest BCUT2D eigenvalue weighted by Crippen LogP contribution is 2.26. The Morgan fingerprint density at radius 2 is 1.97 bits per heavy atom. The van der Waals surface area contributed by atoms with Gasteiger partial charge in [0.05, 0.1) is 11.8 Å². The Labute approximate surface area is 214 Å². The lowest BCUT2D eigenvalue weighted by molar-refractivity contribution is -0.127. The molecule has 0 bridgehead atoms. The van der Waals surface area contributed by atoms with Crippen molar-refractivity contribution in [2.75, 3.05) is 31.3 Å². The molecule has 2 amide bonds. The molecule has 4 N–H and O–H groups in total. The summed E-state index contributed by atoms with van der Waals surface area (Å²) in [6, 6.07) is 5.83. The van der Waals surface area contributed by atoms with Gasteiger partial charge in [-0.15, -0.1) is 11.3 Å². The number of rotatable bonds is 6. The van der Waals surface area contributed by atoms with Crippen LogP contribution in [0.4, 0.5) is 11.4 Å². The molecule has 0 unspecified atom stereocenters. The lowest BCUT2D eigenvalue weighted by Crippen LogP contribution is -2.44. The predicted octanol–water partition coefficient (Wildman–Crippen LogP) is 0.286. The summed E-state index contributed by atoms with van der Waals surface area (Å²) in [4.78, 5) is 71.4. The number of fused-ring (bicyclic) bond motifs is 2. The number of nitrogen functional groups attached to an aromatic ring is 1. The number of aromatic amines is 1. The van der Waals surface area contributed by atoms with Crippen molar-refractivity contribution >= 4 is 44.7 Å². The first kappa shape index (κ1) is 24.4. The SMILES string of the molecule is CN(C)C(=O)Cc1csc2nc(C(=O)NCc3ccc4c(c3)CN(c3c(N)c(=O)c3=O)CC4)[nH]c(=O)c12. The van der Waals surface area contributed by atoms with Crippen molar-refractivity contribution in [3.8, 4) is 0 Å². The molecule has 1 aliphatic heterocycles. The lowest BCUT2D eigenvalue weighted by Gasteiger charge is -2.32. The van der Waals surface area contributed by atoms with E-state index in [0.717, 1.165) is 16.7 Å².